The van der Waals surface area contributed by atoms with E-state index in [1.54, 1.807) is 0 Å². The molecule has 2 nitrogen and oxygen atoms in total. The van der Waals surface area contributed by atoms with E-state index in [4.69, 9.17) is 0 Å². The van der Waals surface area contributed by atoms with E-state index in [0.29, 0.717) is 6.17 Å². The van der Waals surface area contributed by atoms with Crippen LogP contribution in [0.3, 0.4) is 0 Å². The Morgan fingerprint density at radius 3 is 0.745 bits per heavy atom. The molecule has 0 aliphatic carbocycles. The van der Waals surface area contributed by atoms with Crippen molar-refractivity contribution in [2.24, 2.45) is 0 Å². The fourth-order valence-corrected chi connectivity index (χ4v) is 7.78. The highest BCUT2D eigenvalue weighted by Gasteiger charge is 2.24. The highest BCUT2D eigenvalue weighted by Crippen LogP contribution is 2.24. The van der Waals surface area contributed by atoms with Gasteiger partial charge in [-0.25, -0.2) is 0 Å². The van der Waals surface area contributed by atoms with Crippen LogP contribution in [0.15, 0.2) is 12.4 Å². The van der Waals surface area contributed by atoms with Gasteiger partial charge < -0.3 is 9.80 Å². The van der Waals surface area contributed by atoms with Crippen LogP contribution < -0.4 is 0 Å². The molecule has 1 aliphatic rings. The van der Waals surface area contributed by atoms with Crippen molar-refractivity contribution in [2.45, 2.75) is 265 Å². The first-order valence-corrected chi connectivity index (χ1v) is 22.5. The van der Waals surface area contributed by atoms with Gasteiger partial charge in [0.1, 0.15) is 6.17 Å². The SMILES string of the molecule is CCCCCCCCCCCCCCCN1C=CN(CCCCCCCCCCCCCCC)C1CCCCCCCCCCCC. The first-order chi connectivity index (χ1) is 23.3. The van der Waals surface area contributed by atoms with Crippen LogP contribution in [0.25, 0.3) is 0 Å². The van der Waals surface area contributed by atoms with Gasteiger partial charge in [-0.15, -0.1) is 0 Å². The van der Waals surface area contributed by atoms with E-state index in [1.807, 2.05) is 0 Å². The van der Waals surface area contributed by atoms with Crippen LogP contribution in [-0.2, 0) is 0 Å². The fourth-order valence-electron chi connectivity index (χ4n) is 7.78. The van der Waals surface area contributed by atoms with Crippen molar-refractivity contribution < 1.29 is 0 Å². The lowest BCUT2D eigenvalue weighted by Gasteiger charge is -2.33. The van der Waals surface area contributed by atoms with E-state index in [1.165, 1.54) is 251 Å². The smallest absolute Gasteiger partial charge is 0.101 e. The zero-order chi connectivity index (χ0) is 33.7. The molecule has 1 aliphatic heterocycles. The molecule has 0 saturated heterocycles. The van der Waals surface area contributed by atoms with Gasteiger partial charge in [0.15, 0.2) is 0 Å². The molecule has 47 heavy (non-hydrogen) atoms. The maximum Gasteiger partial charge on any atom is 0.101 e. The highest BCUT2D eigenvalue weighted by atomic mass is 15.4. The van der Waals surface area contributed by atoms with Crippen molar-refractivity contribution in [2.75, 3.05) is 13.1 Å². The molecule has 0 N–H and O–H groups in total. The third kappa shape index (κ3) is 28.8. The molecule has 1 heterocycles. The molecule has 0 aromatic heterocycles. The van der Waals surface area contributed by atoms with Crippen LogP contribution in [0.5, 0.6) is 0 Å². The van der Waals surface area contributed by atoms with Gasteiger partial charge in [0, 0.05) is 25.5 Å². The third-order valence-electron chi connectivity index (χ3n) is 11.1. The van der Waals surface area contributed by atoms with E-state index < -0.39 is 0 Å². The Morgan fingerprint density at radius 2 is 0.489 bits per heavy atom. The predicted octanol–water partition coefficient (Wildman–Crippen LogP) is 15.9. The molecular weight excluding hydrogens is 569 g/mol. The monoisotopic (exact) mass is 659 g/mol. The molecular formula is C45H90N2. The standard InChI is InChI=1S/C45H90N2/c1-4-7-10-13-16-19-22-24-26-29-32-35-38-41-46-43-44-47(45(46)40-37-34-31-28-21-18-15-12-9-6-3)42-39-36-33-30-27-25-23-20-17-14-11-8-5-2/h43-45H,4-42H2,1-3H3. The van der Waals surface area contributed by atoms with Crippen LogP contribution in [-0.4, -0.2) is 29.1 Å². The van der Waals surface area contributed by atoms with Gasteiger partial charge in [-0.1, -0.05) is 233 Å². The Morgan fingerprint density at radius 1 is 0.277 bits per heavy atom. The second-order valence-electron chi connectivity index (χ2n) is 15.7. The second kappa shape index (κ2) is 36.6. The second-order valence-corrected chi connectivity index (χ2v) is 15.7. The Labute approximate surface area is 299 Å². The quantitative estimate of drug-likeness (QED) is 0.0606. The number of nitrogens with zero attached hydrogens (tertiary/aromatic N) is 2. The molecule has 0 unspecified atom stereocenters. The fraction of sp³-hybridized carbons (Fsp3) is 0.956. The van der Waals surface area contributed by atoms with Gasteiger partial charge in [0.05, 0.1) is 0 Å². The summed E-state index contributed by atoms with van der Waals surface area (Å²) in [4.78, 5) is 5.46. The van der Waals surface area contributed by atoms with Crippen LogP contribution >= 0.6 is 0 Å². The Kier molecular flexibility index (Phi) is 34.6. The topological polar surface area (TPSA) is 6.48 Å². The average Bonchev–Trinajstić information content (AvgIpc) is 3.47. The van der Waals surface area contributed by atoms with Crippen molar-refractivity contribution in [1.82, 2.24) is 9.80 Å². The largest absolute Gasteiger partial charge is 0.356 e. The van der Waals surface area contributed by atoms with Gasteiger partial charge >= 0.3 is 0 Å². The molecule has 0 radical (unpaired) electrons. The number of hydrogen-bond acceptors (Lipinski definition) is 2. The number of hydrogen-bond donors (Lipinski definition) is 0. The molecule has 0 aromatic carbocycles. The van der Waals surface area contributed by atoms with Gasteiger partial charge in [0.2, 0.25) is 0 Å². The summed E-state index contributed by atoms with van der Waals surface area (Å²) in [7, 11) is 0. The molecule has 0 spiro atoms. The molecule has 0 atom stereocenters. The summed E-state index contributed by atoms with van der Waals surface area (Å²) < 4.78 is 0. The Bertz CT molecular complexity index is 575. The van der Waals surface area contributed by atoms with Crippen LogP contribution in [0, 0.1) is 0 Å². The summed E-state index contributed by atoms with van der Waals surface area (Å²) in [5.74, 6) is 0. The van der Waals surface area contributed by atoms with Crippen LogP contribution in [0.2, 0.25) is 0 Å². The predicted molar refractivity (Wildman–Crippen MR) is 214 cm³/mol. The molecule has 0 aromatic rings. The van der Waals surface area contributed by atoms with Crippen molar-refractivity contribution in [3.63, 3.8) is 0 Å². The van der Waals surface area contributed by atoms with Gasteiger partial charge in [-0.3, -0.25) is 0 Å². The van der Waals surface area contributed by atoms with E-state index in [9.17, 15) is 0 Å². The maximum atomic E-state index is 2.73. The van der Waals surface area contributed by atoms with E-state index in [2.05, 4.69) is 43.0 Å². The lowest BCUT2D eigenvalue weighted by Crippen LogP contribution is -2.39. The summed E-state index contributed by atoms with van der Waals surface area (Å²) in [6, 6.07) is 0. The maximum absolute atomic E-state index is 2.73. The van der Waals surface area contributed by atoms with E-state index in [-0.39, 0.29) is 0 Å². The lowest BCUT2D eigenvalue weighted by molar-refractivity contribution is 0.135. The minimum Gasteiger partial charge on any atom is -0.356 e. The minimum atomic E-state index is 0.638. The summed E-state index contributed by atoms with van der Waals surface area (Å²) in [5.41, 5.74) is 0. The first-order valence-electron chi connectivity index (χ1n) is 22.5. The Hall–Kier alpha value is -0.660. The normalized spacial score (nSPS) is 13.5. The van der Waals surface area contributed by atoms with Crippen molar-refractivity contribution in [3.8, 4) is 0 Å². The molecule has 280 valence electrons. The summed E-state index contributed by atoms with van der Waals surface area (Å²) >= 11 is 0. The highest BCUT2D eigenvalue weighted by molar-refractivity contribution is 4.97. The molecule has 0 saturated carbocycles. The zero-order valence-electron chi connectivity index (χ0n) is 33.2. The summed E-state index contributed by atoms with van der Waals surface area (Å²) in [5, 5.41) is 0. The molecule has 1 rings (SSSR count). The van der Waals surface area contributed by atoms with E-state index >= 15 is 0 Å². The minimum absolute atomic E-state index is 0.638. The van der Waals surface area contributed by atoms with Gasteiger partial charge in [-0.2, -0.15) is 0 Å². The molecule has 2 heteroatoms. The van der Waals surface area contributed by atoms with Crippen molar-refractivity contribution in [3.05, 3.63) is 12.4 Å². The van der Waals surface area contributed by atoms with Crippen molar-refractivity contribution in [1.29, 1.82) is 0 Å². The number of unbranched alkanes of at least 4 members (excludes halogenated alkanes) is 33. The van der Waals surface area contributed by atoms with Gasteiger partial charge in [-0.05, 0) is 25.7 Å². The van der Waals surface area contributed by atoms with E-state index in [0.717, 1.165) is 0 Å². The third-order valence-corrected chi connectivity index (χ3v) is 11.1. The summed E-state index contributed by atoms with van der Waals surface area (Å²) in [6.07, 6.45) is 58.9. The zero-order valence-corrected chi connectivity index (χ0v) is 33.2. The number of rotatable bonds is 39. The van der Waals surface area contributed by atoms with Crippen molar-refractivity contribution >= 4 is 0 Å². The molecule has 0 bridgehead atoms. The lowest BCUT2D eigenvalue weighted by atomic mass is 10.0. The first kappa shape index (κ1) is 44.4. The van der Waals surface area contributed by atoms with Crippen LogP contribution in [0.1, 0.15) is 258 Å². The van der Waals surface area contributed by atoms with Crippen LogP contribution in [0.4, 0.5) is 0 Å². The molecule has 0 amide bonds. The average molecular weight is 659 g/mol. The summed E-state index contributed by atoms with van der Waals surface area (Å²) in [6.45, 7) is 9.49. The van der Waals surface area contributed by atoms with Gasteiger partial charge in [0.25, 0.3) is 0 Å². The Balaban J connectivity index is 2.20. The molecule has 0 fully saturated rings.